The second kappa shape index (κ2) is 7.00. The van der Waals surface area contributed by atoms with Crippen LogP contribution in [0.4, 0.5) is 0 Å². The summed E-state index contributed by atoms with van der Waals surface area (Å²) in [6.07, 6.45) is 0. The van der Waals surface area contributed by atoms with E-state index in [4.69, 9.17) is 15.7 Å². The highest BCUT2D eigenvalue weighted by atomic mass is 32.2. The number of aryl methyl sites for hydroxylation is 1. The summed E-state index contributed by atoms with van der Waals surface area (Å²) in [5.41, 5.74) is 5.87. The van der Waals surface area contributed by atoms with E-state index >= 15 is 0 Å². The number of hydrogen-bond donors (Lipinski definition) is 2. The number of nitriles is 1. The highest BCUT2D eigenvalue weighted by molar-refractivity contribution is 7.89. The first-order valence-electron chi connectivity index (χ1n) is 5.73. The zero-order valence-electron chi connectivity index (χ0n) is 10.9. The maximum absolute atomic E-state index is 11.9. The van der Waals surface area contributed by atoms with Crippen LogP contribution in [-0.2, 0) is 19.6 Å². The van der Waals surface area contributed by atoms with Crippen molar-refractivity contribution in [2.75, 3.05) is 19.8 Å². The fraction of sp³-hybridized carbons (Fsp3) is 0.333. The van der Waals surface area contributed by atoms with Gasteiger partial charge in [-0.2, -0.15) is 5.26 Å². The molecule has 1 aromatic rings. The number of nitrogens with zero attached hydrogens (tertiary/aromatic N) is 1. The summed E-state index contributed by atoms with van der Waals surface area (Å²) in [5, 5.41) is 8.79. The molecule has 0 fully saturated rings. The van der Waals surface area contributed by atoms with Crippen LogP contribution in [0.5, 0.6) is 0 Å². The van der Waals surface area contributed by atoms with Gasteiger partial charge in [0.1, 0.15) is 6.61 Å². The van der Waals surface area contributed by atoms with Gasteiger partial charge in [-0.3, -0.25) is 4.79 Å². The molecule has 0 aliphatic heterocycles. The van der Waals surface area contributed by atoms with Crippen LogP contribution in [-0.4, -0.2) is 34.1 Å². The minimum atomic E-state index is -3.66. The predicted molar refractivity (Wildman–Crippen MR) is 71.1 cm³/mol. The van der Waals surface area contributed by atoms with Crippen LogP contribution in [0.15, 0.2) is 23.1 Å². The number of nitrogens with one attached hydrogen (secondary N) is 1. The van der Waals surface area contributed by atoms with E-state index in [0.717, 1.165) is 0 Å². The third-order valence-corrected chi connectivity index (χ3v) is 3.87. The summed E-state index contributed by atoms with van der Waals surface area (Å²) in [6, 6.07) is 6.20. The van der Waals surface area contributed by atoms with Crippen molar-refractivity contribution in [3.63, 3.8) is 0 Å². The highest BCUT2D eigenvalue weighted by Crippen LogP contribution is 2.14. The van der Waals surface area contributed by atoms with Crippen LogP contribution in [0.3, 0.4) is 0 Å². The molecule has 3 N–H and O–H groups in total. The average molecular weight is 297 g/mol. The van der Waals surface area contributed by atoms with E-state index in [1.165, 1.54) is 18.2 Å². The van der Waals surface area contributed by atoms with Crippen LogP contribution in [0, 0.1) is 18.3 Å². The van der Waals surface area contributed by atoms with Crippen molar-refractivity contribution in [3.8, 4) is 6.07 Å². The minimum absolute atomic E-state index is 0.0225. The molecule has 0 radical (unpaired) electrons. The van der Waals surface area contributed by atoms with Crippen molar-refractivity contribution in [2.24, 2.45) is 5.73 Å². The smallest absolute Gasteiger partial charge is 0.243 e. The van der Waals surface area contributed by atoms with Gasteiger partial charge in [-0.05, 0) is 30.7 Å². The molecular weight excluding hydrogens is 282 g/mol. The Morgan fingerprint density at radius 1 is 1.50 bits per heavy atom. The number of carbonyl (C=O) groups excluding carboxylic acids is 1. The Morgan fingerprint density at radius 3 is 2.75 bits per heavy atom. The Bertz CT molecular complexity index is 635. The van der Waals surface area contributed by atoms with E-state index in [1.54, 1.807) is 6.92 Å². The number of sulfonamides is 1. The van der Waals surface area contributed by atoms with E-state index < -0.39 is 15.9 Å². The summed E-state index contributed by atoms with van der Waals surface area (Å²) in [5.74, 6) is -0.615. The average Bonchev–Trinajstić information content (AvgIpc) is 2.37. The molecule has 0 aliphatic rings. The lowest BCUT2D eigenvalue weighted by atomic mass is 10.1. The van der Waals surface area contributed by atoms with Crippen LogP contribution in [0.25, 0.3) is 0 Å². The maximum atomic E-state index is 11.9. The molecular formula is C12H15N3O4S. The van der Waals surface area contributed by atoms with Gasteiger partial charge < -0.3 is 10.5 Å². The molecule has 0 unspecified atom stereocenters. The largest absolute Gasteiger partial charge is 0.370 e. The third kappa shape index (κ3) is 4.62. The summed E-state index contributed by atoms with van der Waals surface area (Å²) in [7, 11) is -3.66. The van der Waals surface area contributed by atoms with E-state index in [1.807, 2.05) is 6.07 Å². The molecule has 1 aromatic carbocycles. The summed E-state index contributed by atoms with van der Waals surface area (Å²) in [6.45, 7) is 1.47. The van der Waals surface area contributed by atoms with Crippen LogP contribution < -0.4 is 10.5 Å². The van der Waals surface area contributed by atoms with Crippen LogP contribution in [0.1, 0.15) is 11.1 Å². The fourth-order valence-corrected chi connectivity index (χ4v) is 2.53. The Morgan fingerprint density at radius 2 is 2.20 bits per heavy atom. The minimum Gasteiger partial charge on any atom is -0.370 e. The molecule has 20 heavy (non-hydrogen) atoms. The molecule has 7 nitrogen and oxygen atoms in total. The fourth-order valence-electron chi connectivity index (χ4n) is 1.43. The number of carbonyl (C=O) groups is 1. The Labute approximate surface area is 117 Å². The normalized spacial score (nSPS) is 11.0. The van der Waals surface area contributed by atoms with Crippen molar-refractivity contribution in [2.45, 2.75) is 11.8 Å². The molecule has 0 aliphatic carbocycles. The Hall–Kier alpha value is -1.95. The Kier molecular flexibility index (Phi) is 5.64. The van der Waals surface area contributed by atoms with Crippen molar-refractivity contribution in [3.05, 3.63) is 29.3 Å². The molecule has 108 valence electrons. The van der Waals surface area contributed by atoms with E-state index in [9.17, 15) is 13.2 Å². The van der Waals surface area contributed by atoms with Gasteiger partial charge in [0.15, 0.2) is 0 Å². The first kappa shape index (κ1) is 16.1. The molecule has 0 aromatic heterocycles. The predicted octanol–water partition coefficient (Wildman–Crippen LogP) is -0.353. The van der Waals surface area contributed by atoms with Gasteiger partial charge in [0.05, 0.1) is 23.1 Å². The number of benzene rings is 1. The highest BCUT2D eigenvalue weighted by Gasteiger charge is 2.14. The third-order valence-electron chi connectivity index (χ3n) is 2.41. The van der Waals surface area contributed by atoms with Crippen molar-refractivity contribution in [1.82, 2.24) is 4.72 Å². The second-order valence-electron chi connectivity index (χ2n) is 4.01. The van der Waals surface area contributed by atoms with Crippen LogP contribution >= 0.6 is 0 Å². The molecule has 1 amide bonds. The topological polar surface area (TPSA) is 122 Å². The Balaban J connectivity index is 2.63. The SMILES string of the molecule is Cc1cc(S(=O)(=O)NCCOCC(N)=O)ccc1C#N. The first-order chi connectivity index (χ1) is 9.36. The van der Waals surface area contributed by atoms with Gasteiger partial charge in [-0.1, -0.05) is 0 Å². The van der Waals surface area contributed by atoms with Gasteiger partial charge in [0, 0.05) is 6.54 Å². The second-order valence-corrected chi connectivity index (χ2v) is 5.77. The first-order valence-corrected chi connectivity index (χ1v) is 7.21. The lowest BCUT2D eigenvalue weighted by Crippen LogP contribution is -2.29. The molecule has 0 heterocycles. The van der Waals surface area contributed by atoms with Crippen molar-refractivity contribution in [1.29, 1.82) is 5.26 Å². The molecule has 0 saturated carbocycles. The molecule has 0 saturated heterocycles. The lowest BCUT2D eigenvalue weighted by molar-refractivity contribution is -0.122. The molecule has 0 spiro atoms. The monoisotopic (exact) mass is 297 g/mol. The zero-order valence-corrected chi connectivity index (χ0v) is 11.7. The van der Waals surface area contributed by atoms with E-state index in [0.29, 0.717) is 11.1 Å². The molecule has 0 atom stereocenters. The van der Waals surface area contributed by atoms with Gasteiger partial charge in [-0.15, -0.1) is 0 Å². The number of primary amides is 1. The van der Waals surface area contributed by atoms with Crippen molar-refractivity contribution < 1.29 is 17.9 Å². The maximum Gasteiger partial charge on any atom is 0.243 e. The number of amides is 1. The lowest BCUT2D eigenvalue weighted by Gasteiger charge is -2.08. The standard InChI is InChI=1S/C12H15N3O4S/c1-9-6-11(3-2-10(9)7-13)20(17,18)15-4-5-19-8-12(14)16/h2-3,6,15H,4-5,8H2,1H3,(H2,14,16). The number of nitrogens with two attached hydrogens (primary N) is 1. The summed E-state index contributed by atoms with van der Waals surface area (Å²) in [4.78, 5) is 10.5. The molecule has 8 heteroatoms. The van der Waals surface area contributed by atoms with Gasteiger partial charge >= 0.3 is 0 Å². The van der Waals surface area contributed by atoms with Crippen LogP contribution in [0.2, 0.25) is 0 Å². The summed E-state index contributed by atoms with van der Waals surface area (Å²) < 4.78 is 31.0. The van der Waals surface area contributed by atoms with Gasteiger partial charge in [0.2, 0.25) is 15.9 Å². The van der Waals surface area contributed by atoms with Crippen molar-refractivity contribution >= 4 is 15.9 Å². The number of hydrogen-bond acceptors (Lipinski definition) is 5. The van der Waals surface area contributed by atoms with Gasteiger partial charge in [-0.25, -0.2) is 13.1 Å². The number of rotatable bonds is 7. The van der Waals surface area contributed by atoms with E-state index in [-0.39, 0.29) is 24.7 Å². The molecule has 0 bridgehead atoms. The number of ether oxygens (including phenoxy) is 1. The quantitative estimate of drug-likeness (QED) is 0.666. The summed E-state index contributed by atoms with van der Waals surface area (Å²) >= 11 is 0. The molecule has 1 rings (SSSR count). The van der Waals surface area contributed by atoms with Gasteiger partial charge in [0.25, 0.3) is 0 Å². The zero-order chi connectivity index (χ0) is 15.2. The van der Waals surface area contributed by atoms with E-state index in [2.05, 4.69) is 4.72 Å².